The van der Waals surface area contributed by atoms with E-state index in [4.69, 9.17) is 9.15 Å². The van der Waals surface area contributed by atoms with E-state index in [1.165, 1.54) is 34.8 Å². The first kappa shape index (κ1) is 24.4. The maximum atomic E-state index is 13.6. The molecule has 0 amide bonds. The maximum absolute atomic E-state index is 13.6. The number of ether oxygens (including phenoxy) is 1. The molecular weight excluding hydrogens is 468 g/mol. The number of esters is 1. The summed E-state index contributed by atoms with van der Waals surface area (Å²) in [6, 6.07) is 14.5. The zero-order valence-corrected chi connectivity index (χ0v) is 20.5. The Balaban J connectivity index is 1.74. The first-order valence-corrected chi connectivity index (χ1v) is 12.6. The van der Waals surface area contributed by atoms with Gasteiger partial charge in [-0.2, -0.15) is 4.31 Å². The molecular formula is C26H26N2O6S. The molecule has 1 N–H and O–H groups in total. The van der Waals surface area contributed by atoms with E-state index in [-0.39, 0.29) is 35.7 Å². The lowest BCUT2D eigenvalue weighted by Crippen LogP contribution is -2.32. The van der Waals surface area contributed by atoms with E-state index >= 15 is 0 Å². The number of aromatic amines is 1. The average molecular weight is 495 g/mol. The molecule has 0 aliphatic carbocycles. The predicted octanol–water partition coefficient (Wildman–Crippen LogP) is 4.31. The molecule has 182 valence electrons. The lowest BCUT2D eigenvalue weighted by atomic mass is 10.0. The number of nitrogens with zero attached hydrogens (tertiary/aromatic N) is 1. The Kier molecular flexibility index (Phi) is 6.90. The topological polar surface area (TPSA) is 110 Å². The molecule has 0 aliphatic rings. The van der Waals surface area contributed by atoms with E-state index in [2.05, 4.69) is 4.98 Å². The maximum Gasteiger partial charge on any atom is 0.338 e. The molecule has 0 radical (unpaired) electrons. The van der Waals surface area contributed by atoms with E-state index in [1.54, 1.807) is 25.1 Å². The quantitative estimate of drug-likeness (QED) is 0.366. The van der Waals surface area contributed by atoms with Crippen LogP contribution in [0.2, 0.25) is 0 Å². The van der Waals surface area contributed by atoms with Gasteiger partial charge in [0.2, 0.25) is 10.0 Å². The molecule has 0 aliphatic heterocycles. The van der Waals surface area contributed by atoms with Crippen LogP contribution in [0.5, 0.6) is 0 Å². The van der Waals surface area contributed by atoms with Crippen molar-refractivity contribution >= 4 is 26.9 Å². The number of H-pyrrole nitrogens is 1. The number of nitrogens with one attached hydrogen (secondary N) is 1. The second-order valence-corrected chi connectivity index (χ2v) is 10.1. The van der Waals surface area contributed by atoms with Gasteiger partial charge in [0.1, 0.15) is 5.76 Å². The van der Waals surface area contributed by atoms with Crippen LogP contribution < -0.4 is 5.56 Å². The molecule has 0 saturated heterocycles. The molecule has 0 fully saturated rings. The number of furan rings is 1. The minimum Gasteiger partial charge on any atom is -0.468 e. The lowest BCUT2D eigenvalue weighted by Gasteiger charge is -2.21. The average Bonchev–Trinajstić information content (AvgIpc) is 3.35. The summed E-state index contributed by atoms with van der Waals surface area (Å²) in [5.41, 5.74) is 2.83. The van der Waals surface area contributed by atoms with Crippen molar-refractivity contribution in [2.75, 3.05) is 6.61 Å². The number of carbonyl (C=O) groups excluding carboxylic acids is 1. The minimum atomic E-state index is -4.05. The standard InChI is InChI=1S/C26H26N2O6S/c1-4-33-26(30)19-9-11-22(12-10-19)35(31,32)28(16-21-6-5-13-34-21)15-20-14-23-17(2)7-8-18(3)24(23)27-25(20)29/h5-14H,4,15-16H2,1-3H3,(H,27,29). The molecule has 2 heterocycles. The number of aromatic nitrogens is 1. The molecule has 4 aromatic rings. The largest absolute Gasteiger partial charge is 0.468 e. The Morgan fingerprint density at radius 1 is 1.03 bits per heavy atom. The molecule has 9 heteroatoms. The molecule has 0 atom stereocenters. The number of rotatable bonds is 8. The van der Waals surface area contributed by atoms with Crippen LogP contribution in [0.3, 0.4) is 0 Å². The highest BCUT2D eigenvalue weighted by atomic mass is 32.2. The van der Waals surface area contributed by atoms with Crippen molar-refractivity contribution in [1.29, 1.82) is 0 Å². The monoisotopic (exact) mass is 494 g/mol. The predicted molar refractivity (Wildman–Crippen MR) is 132 cm³/mol. The van der Waals surface area contributed by atoms with Crippen molar-refractivity contribution in [3.05, 3.63) is 99.2 Å². The van der Waals surface area contributed by atoms with Crippen LogP contribution in [0, 0.1) is 13.8 Å². The summed E-state index contributed by atoms with van der Waals surface area (Å²) >= 11 is 0. The van der Waals surface area contributed by atoms with Crippen molar-refractivity contribution in [3.8, 4) is 0 Å². The third-order valence-electron chi connectivity index (χ3n) is 5.78. The van der Waals surface area contributed by atoms with E-state index in [1.807, 2.05) is 26.0 Å². The van der Waals surface area contributed by atoms with Crippen molar-refractivity contribution in [2.45, 2.75) is 38.8 Å². The fraction of sp³-hybridized carbons (Fsp3) is 0.231. The molecule has 8 nitrogen and oxygen atoms in total. The van der Waals surface area contributed by atoms with Crippen LogP contribution in [0.25, 0.3) is 10.9 Å². The summed E-state index contributed by atoms with van der Waals surface area (Å²) < 4.78 is 38.8. The summed E-state index contributed by atoms with van der Waals surface area (Å²) in [6.07, 6.45) is 1.46. The van der Waals surface area contributed by atoms with Crippen LogP contribution in [-0.2, 0) is 27.8 Å². The Morgan fingerprint density at radius 2 is 1.74 bits per heavy atom. The molecule has 35 heavy (non-hydrogen) atoms. The molecule has 0 unspecified atom stereocenters. The fourth-order valence-corrected chi connectivity index (χ4v) is 5.24. The van der Waals surface area contributed by atoms with Gasteiger partial charge in [-0.05, 0) is 74.4 Å². The van der Waals surface area contributed by atoms with E-state index in [9.17, 15) is 18.0 Å². The van der Waals surface area contributed by atoms with Crippen LogP contribution in [0.1, 0.15) is 39.7 Å². The summed E-state index contributed by atoms with van der Waals surface area (Å²) in [5, 5.41) is 0.855. The third-order valence-corrected chi connectivity index (χ3v) is 7.59. The first-order valence-electron chi connectivity index (χ1n) is 11.1. The van der Waals surface area contributed by atoms with Crippen molar-refractivity contribution in [3.63, 3.8) is 0 Å². The highest BCUT2D eigenvalue weighted by molar-refractivity contribution is 7.89. The van der Waals surface area contributed by atoms with Crippen LogP contribution in [0.4, 0.5) is 0 Å². The summed E-state index contributed by atoms with van der Waals surface area (Å²) in [5.74, 6) is -0.0989. The van der Waals surface area contributed by atoms with Crippen LogP contribution >= 0.6 is 0 Å². The van der Waals surface area contributed by atoms with Gasteiger partial charge in [0, 0.05) is 17.5 Å². The highest BCUT2D eigenvalue weighted by Gasteiger charge is 2.27. The number of carbonyl (C=O) groups is 1. The smallest absolute Gasteiger partial charge is 0.338 e. The molecule has 0 bridgehead atoms. The molecule has 0 spiro atoms. The number of fused-ring (bicyclic) bond motifs is 1. The van der Waals surface area contributed by atoms with Gasteiger partial charge in [-0.3, -0.25) is 4.79 Å². The van der Waals surface area contributed by atoms with E-state index < -0.39 is 16.0 Å². The lowest BCUT2D eigenvalue weighted by molar-refractivity contribution is 0.0526. The van der Waals surface area contributed by atoms with Gasteiger partial charge in [0.05, 0.1) is 35.4 Å². The number of aryl methyl sites for hydroxylation is 2. The van der Waals surface area contributed by atoms with Crippen molar-refractivity contribution < 1.29 is 22.4 Å². The fourth-order valence-electron chi connectivity index (χ4n) is 3.85. The zero-order chi connectivity index (χ0) is 25.2. The van der Waals surface area contributed by atoms with Gasteiger partial charge in [0.15, 0.2) is 0 Å². The Morgan fingerprint density at radius 3 is 2.40 bits per heavy atom. The van der Waals surface area contributed by atoms with Gasteiger partial charge >= 0.3 is 5.97 Å². The Labute approximate surface area is 203 Å². The molecule has 4 rings (SSSR count). The van der Waals surface area contributed by atoms with Gasteiger partial charge in [-0.15, -0.1) is 0 Å². The normalized spacial score (nSPS) is 11.8. The van der Waals surface area contributed by atoms with E-state index in [0.717, 1.165) is 22.0 Å². The van der Waals surface area contributed by atoms with E-state index in [0.29, 0.717) is 11.3 Å². The minimum absolute atomic E-state index is 0.0126. The number of hydrogen-bond acceptors (Lipinski definition) is 6. The van der Waals surface area contributed by atoms with Crippen molar-refractivity contribution in [1.82, 2.24) is 9.29 Å². The number of pyridine rings is 1. The third kappa shape index (κ3) is 5.06. The zero-order valence-electron chi connectivity index (χ0n) is 19.7. The van der Waals surface area contributed by atoms with Gasteiger partial charge in [-0.1, -0.05) is 12.1 Å². The number of hydrogen-bond donors (Lipinski definition) is 1. The molecule has 2 aromatic heterocycles. The first-order chi connectivity index (χ1) is 16.7. The summed E-state index contributed by atoms with van der Waals surface area (Å²) in [7, 11) is -4.05. The van der Waals surface area contributed by atoms with Gasteiger partial charge in [-0.25, -0.2) is 13.2 Å². The summed E-state index contributed by atoms with van der Waals surface area (Å²) in [6.45, 7) is 5.52. The second-order valence-electron chi connectivity index (χ2n) is 8.21. The number of sulfonamides is 1. The number of benzene rings is 2. The summed E-state index contributed by atoms with van der Waals surface area (Å²) in [4.78, 5) is 27.8. The van der Waals surface area contributed by atoms with Crippen molar-refractivity contribution in [2.24, 2.45) is 0 Å². The SMILES string of the molecule is CCOC(=O)c1ccc(S(=O)(=O)N(Cc2ccco2)Cc2cc3c(C)ccc(C)c3[nH]c2=O)cc1. The van der Waals surface area contributed by atoms with Crippen LogP contribution in [0.15, 0.2) is 75.0 Å². The Hall–Kier alpha value is -3.69. The van der Waals surface area contributed by atoms with Gasteiger partial charge < -0.3 is 14.1 Å². The Bertz CT molecular complexity index is 1520. The second kappa shape index (κ2) is 9.89. The van der Waals surface area contributed by atoms with Gasteiger partial charge in [0.25, 0.3) is 5.56 Å². The molecule has 2 aromatic carbocycles. The van der Waals surface area contributed by atoms with Crippen LogP contribution in [-0.4, -0.2) is 30.3 Å². The highest BCUT2D eigenvalue weighted by Crippen LogP contribution is 2.24. The molecule has 0 saturated carbocycles.